The van der Waals surface area contributed by atoms with Crippen LogP contribution < -0.4 is 10.7 Å². The summed E-state index contributed by atoms with van der Waals surface area (Å²) in [4.78, 5) is 4.21. The van der Waals surface area contributed by atoms with Crippen LogP contribution in [-0.4, -0.2) is 29.3 Å². The minimum atomic E-state index is 0.706. The molecule has 0 aromatic carbocycles. The number of fused-ring (bicyclic) bond motifs is 1. The van der Waals surface area contributed by atoms with E-state index in [9.17, 15) is 0 Å². The van der Waals surface area contributed by atoms with E-state index in [-0.39, 0.29) is 0 Å². The predicted octanol–water partition coefficient (Wildman–Crippen LogP) is -0.664. The smallest absolute Gasteiger partial charge is 0.129 e. The van der Waals surface area contributed by atoms with Crippen LogP contribution in [0.3, 0.4) is 0 Å². The Kier molecular flexibility index (Phi) is 1.54. The molecule has 11 heavy (non-hydrogen) atoms. The molecule has 4 nitrogen and oxygen atoms in total. The van der Waals surface area contributed by atoms with Crippen LogP contribution in [0.2, 0.25) is 0 Å². The summed E-state index contributed by atoms with van der Waals surface area (Å²) >= 11 is 0. The van der Waals surface area contributed by atoms with Crippen molar-refractivity contribution >= 4 is 0 Å². The second-order valence-electron chi connectivity index (χ2n) is 2.68. The summed E-state index contributed by atoms with van der Waals surface area (Å²) in [7, 11) is 0. The van der Waals surface area contributed by atoms with Gasteiger partial charge in [-0.3, -0.25) is 0 Å². The number of nitrogens with zero attached hydrogens (tertiary/aromatic N) is 3. The highest BCUT2D eigenvalue weighted by molar-refractivity contribution is 5.07. The fourth-order valence-corrected chi connectivity index (χ4v) is 1.47. The third kappa shape index (κ3) is 0.991. The number of hydrogen-bond donors (Lipinski definition) is 1. The molecule has 1 aliphatic rings. The molecule has 2 heterocycles. The Hall–Kier alpha value is -1.03. The summed E-state index contributed by atoms with van der Waals surface area (Å²) in [6, 6.07) is 0. The summed E-state index contributed by atoms with van der Waals surface area (Å²) < 4.78 is 2.09. The van der Waals surface area contributed by atoms with Crippen molar-refractivity contribution in [3.05, 3.63) is 18.2 Å². The first-order chi connectivity index (χ1) is 5.42. The molecule has 1 aromatic heterocycles. The molecule has 0 atom stereocenters. The van der Waals surface area contributed by atoms with Gasteiger partial charge in [0.1, 0.15) is 5.82 Å². The second kappa shape index (κ2) is 2.54. The van der Waals surface area contributed by atoms with Crippen molar-refractivity contribution in [2.45, 2.75) is 6.42 Å². The van der Waals surface area contributed by atoms with E-state index in [4.69, 9.17) is 5.73 Å². The molecule has 0 fully saturated rings. The molecule has 0 bridgehead atoms. The van der Waals surface area contributed by atoms with Gasteiger partial charge in [0.25, 0.3) is 0 Å². The molecule has 0 amide bonds. The first kappa shape index (κ1) is 6.67. The molecule has 0 unspecified atom stereocenters. The average Bonchev–Trinajstić information content (AvgIpc) is 2.53. The first-order valence-corrected chi connectivity index (χ1v) is 3.89. The highest BCUT2D eigenvalue weighted by Crippen LogP contribution is 2.07. The normalized spacial score (nSPS) is 15.5. The van der Waals surface area contributed by atoms with Gasteiger partial charge in [0.15, 0.2) is 0 Å². The van der Waals surface area contributed by atoms with Crippen LogP contribution in [0.25, 0.3) is 0 Å². The zero-order chi connectivity index (χ0) is 7.68. The Labute approximate surface area is 65.6 Å². The fourth-order valence-electron chi connectivity index (χ4n) is 1.47. The second-order valence-corrected chi connectivity index (χ2v) is 2.68. The zero-order valence-corrected chi connectivity index (χ0v) is 6.40. The highest BCUT2D eigenvalue weighted by atomic mass is 15.6. The third-order valence-corrected chi connectivity index (χ3v) is 1.98. The minimum Gasteiger partial charge on any atom is -0.329 e. The van der Waals surface area contributed by atoms with Gasteiger partial charge in [0.2, 0.25) is 0 Å². The van der Waals surface area contributed by atoms with E-state index in [2.05, 4.69) is 14.7 Å². The maximum absolute atomic E-state index is 5.46. The summed E-state index contributed by atoms with van der Waals surface area (Å²) in [6.07, 6.45) is 4.86. The minimum absolute atomic E-state index is 0.706. The van der Waals surface area contributed by atoms with Gasteiger partial charge in [-0.25, -0.2) is 9.66 Å². The number of nitrogens with two attached hydrogens (primary N) is 1. The molecule has 0 saturated carbocycles. The van der Waals surface area contributed by atoms with E-state index in [1.807, 2.05) is 12.4 Å². The number of aromatic nitrogens is 2. The lowest BCUT2D eigenvalue weighted by Crippen LogP contribution is -2.35. The monoisotopic (exact) mass is 152 g/mol. The Balaban J connectivity index is 2.18. The SMILES string of the molecule is NCCN1CCc2nccn21. The van der Waals surface area contributed by atoms with Gasteiger partial charge < -0.3 is 10.7 Å². The molecule has 2 N–H and O–H groups in total. The molecule has 0 radical (unpaired) electrons. The largest absolute Gasteiger partial charge is 0.329 e. The molecule has 0 saturated heterocycles. The van der Waals surface area contributed by atoms with E-state index >= 15 is 0 Å². The summed E-state index contributed by atoms with van der Waals surface area (Å²) in [5.74, 6) is 1.15. The van der Waals surface area contributed by atoms with Gasteiger partial charge in [0, 0.05) is 38.4 Å². The average molecular weight is 152 g/mol. The van der Waals surface area contributed by atoms with Gasteiger partial charge in [-0.05, 0) is 0 Å². The van der Waals surface area contributed by atoms with Crippen molar-refractivity contribution in [3.8, 4) is 0 Å². The Morgan fingerprint density at radius 3 is 3.36 bits per heavy atom. The Bertz CT molecular complexity index is 242. The van der Waals surface area contributed by atoms with Crippen molar-refractivity contribution in [2.75, 3.05) is 24.6 Å². The van der Waals surface area contributed by atoms with Crippen LogP contribution in [0.5, 0.6) is 0 Å². The quantitative estimate of drug-likeness (QED) is 0.611. The first-order valence-electron chi connectivity index (χ1n) is 3.89. The molecule has 0 aliphatic carbocycles. The standard InChI is InChI=1S/C7H12N4/c8-2-5-10-4-1-7-9-3-6-11(7)10/h3,6H,1-2,4-5,8H2. The third-order valence-electron chi connectivity index (χ3n) is 1.98. The van der Waals surface area contributed by atoms with Crippen molar-refractivity contribution < 1.29 is 0 Å². The van der Waals surface area contributed by atoms with Crippen LogP contribution in [0.15, 0.2) is 12.4 Å². The maximum atomic E-state index is 5.46. The van der Waals surface area contributed by atoms with Crippen LogP contribution in [0, 0.1) is 0 Å². The lowest BCUT2D eigenvalue weighted by Gasteiger charge is -2.18. The van der Waals surface area contributed by atoms with E-state index in [0.29, 0.717) is 6.54 Å². The molecule has 1 aliphatic heterocycles. The number of imidazole rings is 1. The maximum Gasteiger partial charge on any atom is 0.129 e. The van der Waals surface area contributed by atoms with E-state index in [1.54, 1.807) is 0 Å². The van der Waals surface area contributed by atoms with Gasteiger partial charge in [-0.15, -0.1) is 0 Å². The lowest BCUT2D eigenvalue weighted by atomic mass is 10.4. The Morgan fingerprint density at radius 1 is 1.64 bits per heavy atom. The van der Waals surface area contributed by atoms with E-state index in [1.165, 1.54) is 0 Å². The van der Waals surface area contributed by atoms with Gasteiger partial charge in [-0.2, -0.15) is 0 Å². The van der Waals surface area contributed by atoms with Gasteiger partial charge >= 0.3 is 0 Å². The van der Waals surface area contributed by atoms with Crippen molar-refractivity contribution in [1.82, 2.24) is 9.66 Å². The summed E-state index contributed by atoms with van der Waals surface area (Å²) in [6.45, 7) is 2.68. The molecular formula is C7H12N4. The molecule has 60 valence electrons. The summed E-state index contributed by atoms with van der Waals surface area (Å²) in [5, 5.41) is 2.21. The molecule has 1 aromatic rings. The lowest BCUT2D eigenvalue weighted by molar-refractivity contribution is 0.647. The fraction of sp³-hybridized carbons (Fsp3) is 0.571. The highest BCUT2D eigenvalue weighted by Gasteiger charge is 2.16. The van der Waals surface area contributed by atoms with E-state index in [0.717, 1.165) is 25.3 Å². The zero-order valence-electron chi connectivity index (χ0n) is 6.40. The van der Waals surface area contributed by atoms with Gasteiger partial charge in [0.05, 0.1) is 0 Å². The van der Waals surface area contributed by atoms with Crippen molar-refractivity contribution in [2.24, 2.45) is 5.73 Å². The molecule has 0 spiro atoms. The molecule has 2 rings (SSSR count). The Morgan fingerprint density at radius 2 is 2.55 bits per heavy atom. The number of hydrogen-bond acceptors (Lipinski definition) is 3. The van der Waals surface area contributed by atoms with Crippen molar-refractivity contribution in [1.29, 1.82) is 0 Å². The van der Waals surface area contributed by atoms with Crippen LogP contribution >= 0.6 is 0 Å². The van der Waals surface area contributed by atoms with Crippen LogP contribution in [0.1, 0.15) is 5.82 Å². The van der Waals surface area contributed by atoms with Crippen LogP contribution in [0.4, 0.5) is 0 Å². The molecular weight excluding hydrogens is 140 g/mol. The number of rotatable bonds is 2. The topological polar surface area (TPSA) is 47.1 Å². The van der Waals surface area contributed by atoms with Crippen molar-refractivity contribution in [3.63, 3.8) is 0 Å². The predicted molar refractivity (Wildman–Crippen MR) is 42.9 cm³/mol. The summed E-state index contributed by atoms with van der Waals surface area (Å²) in [5.41, 5.74) is 5.46. The van der Waals surface area contributed by atoms with E-state index < -0.39 is 0 Å². The molecule has 4 heteroatoms. The van der Waals surface area contributed by atoms with Gasteiger partial charge in [-0.1, -0.05) is 0 Å². The van der Waals surface area contributed by atoms with Crippen LogP contribution in [-0.2, 0) is 6.42 Å².